The molecule has 2 rings (SSSR count). The molecule has 0 aliphatic heterocycles. The lowest BCUT2D eigenvalue weighted by Gasteiger charge is -2.05. The van der Waals surface area contributed by atoms with Gasteiger partial charge < -0.3 is 10.1 Å². The second-order valence-corrected chi connectivity index (χ2v) is 6.19. The third kappa shape index (κ3) is 4.13. The van der Waals surface area contributed by atoms with Crippen LogP contribution in [0.5, 0.6) is 5.75 Å². The molecule has 1 unspecified atom stereocenters. The van der Waals surface area contributed by atoms with Crippen molar-refractivity contribution in [3.8, 4) is 23.2 Å². The number of hydrogen-bond donors (Lipinski definition) is 2. The summed E-state index contributed by atoms with van der Waals surface area (Å²) in [7, 11) is 1.54. The highest BCUT2D eigenvalue weighted by Crippen LogP contribution is 2.31. The largest absolute Gasteiger partial charge is 0.496 e. The third-order valence-corrected chi connectivity index (χ3v) is 4.21. The van der Waals surface area contributed by atoms with Crippen molar-refractivity contribution in [3.63, 3.8) is 0 Å². The van der Waals surface area contributed by atoms with Crippen molar-refractivity contribution in [3.05, 3.63) is 23.2 Å². The van der Waals surface area contributed by atoms with Crippen molar-refractivity contribution in [2.45, 2.75) is 12.1 Å². The second-order valence-electron chi connectivity index (χ2n) is 4.81. The van der Waals surface area contributed by atoms with Gasteiger partial charge in [0.05, 0.1) is 24.5 Å². The molecule has 0 saturated carbocycles. The molecule has 0 amide bonds. The van der Waals surface area contributed by atoms with E-state index >= 15 is 0 Å². The Morgan fingerprint density at radius 1 is 1.58 bits per heavy atom. The molecule has 0 saturated heterocycles. The summed E-state index contributed by atoms with van der Waals surface area (Å²) in [5.74, 6) is -0.305. The molecule has 9 heteroatoms. The number of hydrogen-bond acceptors (Lipinski definition) is 7. The number of ether oxygens (including phenoxy) is 1. The van der Waals surface area contributed by atoms with Crippen molar-refractivity contribution in [2.75, 3.05) is 12.9 Å². The van der Waals surface area contributed by atoms with E-state index in [1.807, 2.05) is 6.07 Å². The van der Waals surface area contributed by atoms with Crippen LogP contribution in [0, 0.1) is 22.7 Å². The Kier molecular flexibility index (Phi) is 5.95. The molecule has 1 heterocycles. The number of H-pyrrole nitrogens is 1. The number of nitrogens with zero attached hydrogens (tertiary/aromatic N) is 3. The molecule has 124 valence electrons. The molecular formula is C15H14ClN5O2S. The van der Waals surface area contributed by atoms with Crippen LogP contribution in [0.1, 0.15) is 6.92 Å². The van der Waals surface area contributed by atoms with Crippen LogP contribution in [0.15, 0.2) is 23.4 Å². The fourth-order valence-electron chi connectivity index (χ4n) is 1.93. The molecule has 0 aliphatic carbocycles. The van der Waals surface area contributed by atoms with Gasteiger partial charge in [-0.05, 0) is 25.1 Å². The number of rotatable bonds is 7. The molecule has 0 radical (unpaired) electrons. The third-order valence-electron chi connectivity index (χ3n) is 3.11. The standard InChI is InChI=1S/C15H14ClN5O2S/c1-8(18)11(6-17)12(22)7-24-15-19-14(20-21-15)10-5-9(16)3-4-13(10)23-2/h3-5,11,18H,7H2,1-2H3,(H,19,20,21). The maximum absolute atomic E-state index is 11.9. The first-order chi connectivity index (χ1) is 11.5. The van der Waals surface area contributed by atoms with Gasteiger partial charge in [-0.3, -0.25) is 9.89 Å². The van der Waals surface area contributed by atoms with Gasteiger partial charge in [0, 0.05) is 10.7 Å². The SMILES string of the molecule is COc1ccc(Cl)cc1-c1nc(SCC(=O)C(C#N)C(C)=N)n[nH]1. The topological polar surface area (TPSA) is 116 Å². The van der Waals surface area contributed by atoms with Gasteiger partial charge in [-0.25, -0.2) is 4.98 Å². The van der Waals surface area contributed by atoms with Crippen LogP contribution in [0.4, 0.5) is 0 Å². The van der Waals surface area contributed by atoms with Crippen molar-refractivity contribution in [2.24, 2.45) is 5.92 Å². The minimum Gasteiger partial charge on any atom is -0.496 e. The number of aromatic nitrogens is 3. The van der Waals surface area contributed by atoms with Crippen LogP contribution in [0.3, 0.4) is 0 Å². The maximum Gasteiger partial charge on any atom is 0.209 e. The smallest absolute Gasteiger partial charge is 0.209 e. The van der Waals surface area contributed by atoms with Crippen LogP contribution in [-0.4, -0.2) is 39.5 Å². The summed E-state index contributed by atoms with van der Waals surface area (Å²) >= 11 is 7.09. The highest BCUT2D eigenvalue weighted by Gasteiger charge is 2.21. The fraction of sp³-hybridized carbons (Fsp3) is 0.267. The monoisotopic (exact) mass is 363 g/mol. The minimum atomic E-state index is -1.02. The Morgan fingerprint density at radius 3 is 2.96 bits per heavy atom. The first-order valence-corrected chi connectivity index (χ1v) is 8.19. The summed E-state index contributed by atoms with van der Waals surface area (Å²) in [4.78, 5) is 16.2. The Bertz CT molecular complexity index is 814. The molecule has 0 spiro atoms. The lowest BCUT2D eigenvalue weighted by molar-refractivity contribution is -0.117. The minimum absolute atomic E-state index is 0.0123. The van der Waals surface area contributed by atoms with E-state index in [0.29, 0.717) is 27.3 Å². The molecule has 24 heavy (non-hydrogen) atoms. The summed E-state index contributed by atoms with van der Waals surface area (Å²) in [5.41, 5.74) is 0.684. The van der Waals surface area contributed by atoms with Crippen molar-refractivity contribution < 1.29 is 9.53 Å². The zero-order chi connectivity index (χ0) is 17.7. The average Bonchev–Trinajstić information content (AvgIpc) is 3.02. The van der Waals surface area contributed by atoms with Crippen LogP contribution >= 0.6 is 23.4 Å². The summed E-state index contributed by atoms with van der Waals surface area (Å²) in [6.07, 6.45) is 0. The van der Waals surface area contributed by atoms with E-state index in [1.54, 1.807) is 25.3 Å². The van der Waals surface area contributed by atoms with Gasteiger partial charge in [-0.1, -0.05) is 23.4 Å². The van der Waals surface area contributed by atoms with E-state index in [1.165, 1.54) is 6.92 Å². The number of aromatic amines is 1. The first-order valence-electron chi connectivity index (χ1n) is 6.82. The number of ketones is 1. The zero-order valence-corrected chi connectivity index (χ0v) is 14.5. The molecule has 0 fully saturated rings. The van der Waals surface area contributed by atoms with Crippen LogP contribution in [0.25, 0.3) is 11.4 Å². The highest BCUT2D eigenvalue weighted by molar-refractivity contribution is 7.99. The van der Waals surface area contributed by atoms with E-state index in [2.05, 4.69) is 15.2 Å². The number of carbonyl (C=O) groups excluding carboxylic acids is 1. The number of nitriles is 1. The van der Waals surface area contributed by atoms with Gasteiger partial charge in [-0.2, -0.15) is 5.26 Å². The summed E-state index contributed by atoms with van der Waals surface area (Å²) in [6, 6.07) is 6.95. The van der Waals surface area contributed by atoms with Gasteiger partial charge in [0.2, 0.25) is 5.16 Å². The number of halogens is 1. The van der Waals surface area contributed by atoms with E-state index in [4.69, 9.17) is 27.0 Å². The Morgan fingerprint density at radius 2 is 2.33 bits per heavy atom. The number of benzene rings is 1. The quantitative estimate of drug-likeness (QED) is 0.577. The van der Waals surface area contributed by atoms with E-state index in [0.717, 1.165) is 11.8 Å². The number of methoxy groups -OCH3 is 1. The summed E-state index contributed by atoms with van der Waals surface area (Å²) in [6.45, 7) is 1.44. The highest BCUT2D eigenvalue weighted by atomic mass is 35.5. The lowest BCUT2D eigenvalue weighted by atomic mass is 10.0. The summed E-state index contributed by atoms with van der Waals surface area (Å²) in [5, 5.41) is 24.1. The normalized spacial score (nSPS) is 11.6. The summed E-state index contributed by atoms with van der Waals surface area (Å²) < 4.78 is 5.27. The predicted octanol–water partition coefficient (Wildman–Crippen LogP) is 2.97. The molecule has 2 aromatic rings. The second kappa shape index (κ2) is 7.95. The van der Waals surface area contributed by atoms with Crippen LogP contribution < -0.4 is 4.74 Å². The molecule has 7 nitrogen and oxygen atoms in total. The van der Waals surface area contributed by atoms with Gasteiger partial charge in [0.25, 0.3) is 0 Å². The number of Topliss-reactive ketones (excluding diaryl/α,β-unsaturated/α-hetero) is 1. The van der Waals surface area contributed by atoms with Crippen molar-refractivity contribution >= 4 is 34.9 Å². The van der Waals surface area contributed by atoms with Crippen molar-refractivity contribution in [1.82, 2.24) is 15.2 Å². The van der Waals surface area contributed by atoms with E-state index in [9.17, 15) is 4.79 Å². The van der Waals surface area contributed by atoms with E-state index < -0.39 is 5.92 Å². The van der Waals surface area contributed by atoms with Crippen molar-refractivity contribution in [1.29, 1.82) is 10.7 Å². The lowest BCUT2D eigenvalue weighted by Crippen LogP contribution is -2.21. The van der Waals surface area contributed by atoms with Gasteiger partial charge >= 0.3 is 0 Å². The Labute approximate surface area is 147 Å². The zero-order valence-electron chi connectivity index (χ0n) is 13.0. The number of nitrogens with one attached hydrogen (secondary N) is 2. The van der Waals surface area contributed by atoms with Gasteiger partial charge in [-0.15, -0.1) is 5.10 Å². The molecule has 0 bridgehead atoms. The molecule has 2 N–H and O–H groups in total. The average molecular weight is 364 g/mol. The van der Waals surface area contributed by atoms with Crippen LogP contribution in [-0.2, 0) is 4.79 Å². The first kappa shape index (κ1) is 18.0. The van der Waals surface area contributed by atoms with Gasteiger partial charge in [0.15, 0.2) is 11.6 Å². The molecule has 0 aliphatic rings. The molecule has 1 aromatic heterocycles. The van der Waals surface area contributed by atoms with Crippen LogP contribution in [0.2, 0.25) is 5.02 Å². The maximum atomic E-state index is 11.9. The molecule has 1 atom stereocenters. The van der Waals surface area contributed by atoms with Gasteiger partial charge in [0.1, 0.15) is 11.7 Å². The molecule has 1 aromatic carbocycles. The number of thioether (sulfide) groups is 1. The Balaban J connectivity index is 2.12. The van der Waals surface area contributed by atoms with E-state index in [-0.39, 0.29) is 17.2 Å². The Hall–Kier alpha value is -2.37. The fourth-order valence-corrected chi connectivity index (χ4v) is 2.80. The predicted molar refractivity (Wildman–Crippen MR) is 91.6 cm³/mol. The number of carbonyl (C=O) groups is 1. The molecular weight excluding hydrogens is 350 g/mol.